The zero-order valence-corrected chi connectivity index (χ0v) is 56.9. The Morgan fingerprint density at radius 1 is 0.333 bits per heavy atom. The van der Waals surface area contributed by atoms with Gasteiger partial charge in [0.05, 0.1) is 0 Å². The van der Waals surface area contributed by atoms with Crippen molar-refractivity contribution >= 4 is 42.5 Å². The van der Waals surface area contributed by atoms with Crippen LogP contribution in [-0.2, 0) is 33.2 Å². The van der Waals surface area contributed by atoms with Crippen molar-refractivity contribution < 1.29 is 62.0 Å². The molecule has 3 N–H and O–H groups in total. The molecular weight excluding hydrogens is 1070 g/mol. The van der Waals surface area contributed by atoms with E-state index in [-0.39, 0.29) is 24.9 Å². The summed E-state index contributed by atoms with van der Waals surface area (Å²) in [6.07, 6.45) is 9.03. The molecule has 1 atom stereocenters. The molecule has 0 heterocycles. The van der Waals surface area contributed by atoms with Gasteiger partial charge < -0.3 is 64.0 Å². The monoisotopic (exact) mass is 1200 g/mol. The molecule has 0 spiro atoms. The van der Waals surface area contributed by atoms with Gasteiger partial charge in [-0.1, -0.05) is 59.3 Å². The Bertz CT molecular complexity index is 1800. The first-order valence-corrected chi connectivity index (χ1v) is 31.6. The average molecular weight is 1200 g/mol. The molecule has 0 fully saturated rings. The van der Waals surface area contributed by atoms with Crippen LogP contribution in [0.25, 0.3) is 0 Å². The zero-order valence-electron chi connectivity index (χ0n) is 56.9. The van der Waals surface area contributed by atoms with Gasteiger partial charge in [0.25, 0.3) is 0 Å². The van der Waals surface area contributed by atoms with Crippen molar-refractivity contribution in [3.05, 3.63) is 0 Å². The maximum atomic E-state index is 14.2. The van der Waals surface area contributed by atoms with Gasteiger partial charge in [-0.25, -0.2) is 28.8 Å². The predicted octanol–water partition coefficient (Wildman–Crippen LogP) is 14.3. The molecule has 84 heavy (non-hydrogen) atoms. The van der Waals surface area contributed by atoms with Gasteiger partial charge in [-0.2, -0.15) is 0 Å². The smallest absolute Gasteiger partial charge is 0.410 e. The molecule has 20 heteroatoms. The summed E-state index contributed by atoms with van der Waals surface area (Å²) in [4.78, 5) is 99.5. The highest BCUT2D eigenvalue weighted by molar-refractivity contribution is 5.75. The van der Waals surface area contributed by atoms with Crippen molar-refractivity contribution in [2.45, 2.75) is 282 Å². The number of ether oxygens (including phenoxy) is 6. The summed E-state index contributed by atoms with van der Waals surface area (Å²) in [5.41, 5.74) is -4.35. The highest BCUT2D eigenvalue weighted by Gasteiger charge is 2.30. The van der Waals surface area contributed by atoms with E-state index in [1.54, 1.807) is 61.1 Å². The summed E-state index contributed by atoms with van der Waals surface area (Å²) >= 11 is 0. The zero-order chi connectivity index (χ0) is 64.5. The standard InChI is InChI=1S/C64H123N7O13/c1-49(2)33-30-34-50(3)36-37-52(72)65-38-25-23-22-24-35-51(47-70(57(77)83-63(16,17)18)43-28-26-41-68(55(75)81-61(10,11)12)45-31-39-66-53(73)79-59(4,5)6)48-71(58(78)84-64(19,20)21)44-29-27-42-69(56(76)82-62(13,14)15)46-32-40-67-54(74)80-60(7,8)9/h49-51H,22-48H2,1-21H3,(H,65,72)(H,66,73)(H,67,74). The summed E-state index contributed by atoms with van der Waals surface area (Å²) < 4.78 is 34.3. The molecule has 7 amide bonds. The van der Waals surface area contributed by atoms with Gasteiger partial charge in [-0.3, -0.25) is 4.79 Å². The molecule has 0 aliphatic rings. The number of carbonyl (C=O) groups is 7. The number of hydrogen-bond donors (Lipinski definition) is 3. The van der Waals surface area contributed by atoms with Gasteiger partial charge in [0, 0.05) is 78.4 Å². The molecule has 0 aliphatic carbocycles. The predicted molar refractivity (Wildman–Crippen MR) is 334 cm³/mol. The third-order valence-electron chi connectivity index (χ3n) is 12.5. The third kappa shape index (κ3) is 46.4. The second kappa shape index (κ2) is 39.0. The van der Waals surface area contributed by atoms with E-state index in [2.05, 4.69) is 36.7 Å². The molecule has 0 saturated heterocycles. The summed E-state index contributed by atoms with van der Waals surface area (Å²) in [5, 5.41) is 8.63. The Kier molecular flexibility index (Phi) is 36.7. The minimum Gasteiger partial charge on any atom is -0.444 e. The first-order valence-electron chi connectivity index (χ1n) is 31.6. The number of nitrogens with zero attached hydrogens (tertiary/aromatic N) is 4. The maximum Gasteiger partial charge on any atom is 0.410 e. The molecule has 0 saturated carbocycles. The Morgan fingerprint density at radius 3 is 1.01 bits per heavy atom. The summed E-state index contributed by atoms with van der Waals surface area (Å²) in [7, 11) is 0. The van der Waals surface area contributed by atoms with E-state index in [4.69, 9.17) is 28.4 Å². The second-order valence-corrected chi connectivity index (χ2v) is 29.2. The van der Waals surface area contributed by atoms with Crippen LogP contribution >= 0.6 is 0 Å². The fourth-order valence-corrected chi connectivity index (χ4v) is 8.66. The van der Waals surface area contributed by atoms with Gasteiger partial charge in [-0.05, 0) is 200 Å². The Morgan fingerprint density at radius 2 is 0.655 bits per heavy atom. The molecule has 0 aromatic rings. The third-order valence-corrected chi connectivity index (χ3v) is 12.5. The molecular formula is C64H123N7O13. The van der Waals surface area contributed by atoms with Crippen LogP contribution in [0.4, 0.5) is 28.8 Å². The van der Waals surface area contributed by atoms with Gasteiger partial charge in [-0.15, -0.1) is 0 Å². The largest absolute Gasteiger partial charge is 0.444 e. The van der Waals surface area contributed by atoms with Crippen molar-refractivity contribution in [2.75, 3.05) is 72.0 Å². The molecule has 0 aromatic heterocycles. The van der Waals surface area contributed by atoms with E-state index >= 15 is 0 Å². The quantitative estimate of drug-likeness (QED) is 0.0393. The normalized spacial score (nSPS) is 12.7. The lowest BCUT2D eigenvalue weighted by Crippen LogP contribution is -2.45. The summed E-state index contributed by atoms with van der Waals surface area (Å²) in [6.45, 7) is 42.9. The van der Waals surface area contributed by atoms with E-state index < -0.39 is 70.2 Å². The molecule has 0 rings (SSSR count). The minimum atomic E-state index is -0.794. The topological polar surface area (TPSA) is 224 Å². The highest BCUT2D eigenvalue weighted by atomic mass is 16.6. The van der Waals surface area contributed by atoms with Crippen molar-refractivity contribution in [3.8, 4) is 0 Å². The summed E-state index contributed by atoms with van der Waals surface area (Å²) in [5.74, 6) is 1.08. The van der Waals surface area contributed by atoms with Crippen LogP contribution < -0.4 is 16.0 Å². The van der Waals surface area contributed by atoms with Gasteiger partial charge in [0.2, 0.25) is 5.91 Å². The number of hydrogen-bond acceptors (Lipinski definition) is 13. The highest BCUT2D eigenvalue weighted by Crippen LogP contribution is 2.22. The molecule has 0 aliphatic heterocycles. The number of nitrogens with one attached hydrogen (secondary N) is 3. The summed E-state index contributed by atoms with van der Waals surface area (Å²) in [6, 6.07) is 0. The van der Waals surface area contributed by atoms with Crippen molar-refractivity contribution in [1.82, 2.24) is 35.6 Å². The maximum absolute atomic E-state index is 14.2. The Balaban J connectivity index is 6.64. The lowest BCUT2D eigenvalue weighted by molar-refractivity contribution is -0.121. The van der Waals surface area contributed by atoms with Crippen LogP contribution in [0.3, 0.4) is 0 Å². The fraction of sp³-hybridized carbons (Fsp3) is 0.891. The number of amides is 7. The number of unbranched alkanes of at least 4 members (excludes halogenated alkanes) is 5. The molecule has 492 valence electrons. The Labute approximate surface area is 509 Å². The Hall–Kier alpha value is -4.91. The molecule has 1 unspecified atom stereocenters. The lowest BCUT2D eigenvalue weighted by atomic mass is 9.96. The van der Waals surface area contributed by atoms with E-state index in [0.717, 1.165) is 38.5 Å². The van der Waals surface area contributed by atoms with Crippen LogP contribution in [-0.4, -0.2) is 168 Å². The van der Waals surface area contributed by atoms with Crippen LogP contribution in [0.2, 0.25) is 0 Å². The minimum absolute atomic E-state index is 0.0884. The van der Waals surface area contributed by atoms with E-state index in [1.807, 2.05) is 83.1 Å². The van der Waals surface area contributed by atoms with E-state index in [9.17, 15) is 33.6 Å². The lowest BCUT2D eigenvalue weighted by Gasteiger charge is -2.34. The van der Waals surface area contributed by atoms with Crippen LogP contribution in [0.5, 0.6) is 0 Å². The van der Waals surface area contributed by atoms with Crippen molar-refractivity contribution in [3.63, 3.8) is 0 Å². The first kappa shape index (κ1) is 79.1. The van der Waals surface area contributed by atoms with E-state index in [1.165, 1.54) is 12.8 Å². The van der Waals surface area contributed by atoms with Crippen molar-refractivity contribution in [1.29, 1.82) is 0 Å². The van der Waals surface area contributed by atoms with Gasteiger partial charge in [0.15, 0.2) is 0 Å². The van der Waals surface area contributed by atoms with Crippen molar-refractivity contribution in [2.24, 2.45) is 17.8 Å². The number of alkyl carbamates (subject to hydrolysis) is 2. The number of carbonyl (C=O) groups excluding carboxylic acids is 7. The molecule has 0 bridgehead atoms. The average Bonchev–Trinajstić information content (AvgIpc) is 3.51. The van der Waals surface area contributed by atoms with Crippen LogP contribution in [0.1, 0.15) is 248 Å². The van der Waals surface area contributed by atoms with E-state index in [0.29, 0.717) is 122 Å². The molecule has 0 aromatic carbocycles. The van der Waals surface area contributed by atoms with Gasteiger partial charge >= 0.3 is 36.6 Å². The molecule has 20 nitrogen and oxygen atoms in total. The van der Waals surface area contributed by atoms with Crippen LogP contribution in [0.15, 0.2) is 0 Å². The van der Waals surface area contributed by atoms with Gasteiger partial charge in [0.1, 0.15) is 33.6 Å². The first-order chi connectivity index (χ1) is 38.5. The fourth-order valence-electron chi connectivity index (χ4n) is 8.66. The van der Waals surface area contributed by atoms with Crippen LogP contribution in [0, 0.1) is 17.8 Å². The number of rotatable bonds is 36. The second-order valence-electron chi connectivity index (χ2n) is 29.2. The SMILES string of the molecule is CC(C)CCCC(C)CCC(=O)NCCCCCCC(CN(CCCCN(CCCNC(=O)OC(C)(C)C)C(=O)OC(C)(C)C)C(=O)OC(C)(C)C)CN(CCCCN(CCCNC(=O)OC(C)(C)C)C(=O)OC(C)(C)C)C(=O)OC(C)(C)C. The molecule has 0 radical (unpaired) electrons.